The molecule has 0 aliphatic heterocycles. The number of halogens is 4. The van der Waals surface area contributed by atoms with Gasteiger partial charge in [-0.1, -0.05) is 18.2 Å². The molecule has 16 heavy (non-hydrogen) atoms. The van der Waals surface area contributed by atoms with Gasteiger partial charge in [-0.15, -0.1) is 0 Å². The van der Waals surface area contributed by atoms with Crippen LogP contribution in [0.1, 0.15) is 12.0 Å². The minimum atomic E-state index is -4.78. The molecule has 0 heterocycles. The molecule has 1 unspecified atom stereocenters. The molecule has 0 aliphatic rings. The summed E-state index contributed by atoms with van der Waals surface area (Å²) in [5.74, 6) is 0.483. The Kier molecular flexibility index (Phi) is 4.15. The minimum absolute atomic E-state index is 0.00465. The molecule has 1 nitrogen and oxygen atoms in total. The van der Waals surface area contributed by atoms with Gasteiger partial charge in [-0.25, -0.2) is 4.39 Å². The Bertz CT molecular complexity index is 335. The van der Waals surface area contributed by atoms with E-state index in [4.69, 9.17) is 4.74 Å². The maximum absolute atomic E-state index is 12.7. The molecule has 0 spiro atoms. The number of ether oxygens (including phenoxy) is 1. The van der Waals surface area contributed by atoms with Crippen LogP contribution >= 0.6 is 0 Å². The molecule has 0 fully saturated rings. The highest BCUT2D eigenvalue weighted by molar-refractivity contribution is 5.33. The van der Waals surface area contributed by atoms with Crippen molar-refractivity contribution in [2.45, 2.75) is 25.2 Å². The fourth-order valence-corrected chi connectivity index (χ4v) is 1.36. The predicted octanol–water partition coefficient (Wildman–Crippen LogP) is 3.53. The van der Waals surface area contributed by atoms with Gasteiger partial charge in [0.25, 0.3) is 0 Å². The van der Waals surface area contributed by atoms with E-state index in [1.54, 1.807) is 24.3 Å². The molecule has 1 aromatic rings. The molecule has 0 saturated carbocycles. The third-order valence-electron chi connectivity index (χ3n) is 2.21. The fraction of sp³-hybridized carbons (Fsp3) is 0.455. The molecular formula is C11H12F4O. The first-order valence-corrected chi connectivity index (χ1v) is 4.78. The van der Waals surface area contributed by atoms with Crippen LogP contribution in [-0.4, -0.2) is 19.5 Å². The third kappa shape index (κ3) is 3.40. The van der Waals surface area contributed by atoms with Crippen LogP contribution < -0.4 is 4.74 Å². The second-order valence-electron chi connectivity index (χ2n) is 3.36. The third-order valence-corrected chi connectivity index (χ3v) is 2.21. The van der Waals surface area contributed by atoms with Crippen LogP contribution in [0.3, 0.4) is 0 Å². The van der Waals surface area contributed by atoms with Gasteiger partial charge in [-0.05, 0) is 24.5 Å². The molecule has 0 saturated heterocycles. The average molecular weight is 236 g/mol. The highest BCUT2D eigenvalue weighted by Crippen LogP contribution is 2.28. The number of rotatable bonds is 4. The molecule has 0 aromatic heterocycles. The second-order valence-corrected chi connectivity index (χ2v) is 3.36. The lowest BCUT2D eigenvalue weighted by molar-refractivity contribution is -0.181. The maximum atomic E-state index is 12.7. The van der Waals surface area contributed by atoms with Gasteiger partial charge >= 0.3 is 6.18 Å². The van der Waals surface area contributed by atoms with E-state index in [1.165, 1.54) is 7.11 Å². The lowest BCUT2D eigenvalue weighted by Gasteiger charge is -2.13. The molecule has 0 radical (unpaired) electrons. The van der Waals surface area contributed by atoms with E-state index in [-0.39, 0.29) is 6.42 Å². The van der Waals surface area contributed by atoms with Crippen molar-refractivity contribution in [3.63, 3.8) is 0 Å². The van der Waals surface area contributed by atoms with Crippen LogP contribution in [0.25, 0.3) is 0 Å². The second kappa shape index (κ2) is 5.18. The summed E-state index contributed by atoms with van der Waals surface area (Å²) in [5.41, 5.74) is 0.580. The first kappa shape index (κ1) is 12.8. The molecule has 0 N–H and O–H groups in total. The normalized spacial score (nSPS) is 13.6. The van der Waals surface area contributed by atoms with Gasteiger partial charge in [0.15, 0.2) is 6.17 Å². The number of methoxy groups -OCH3 is 1. The zero-order valence-corrected chi connectivity index (χ0v) is 8.72. The lowest BCUT2D eigenvalue weighted by Crippen LogP contribution is -2.24. The summed E-state index contributed by atoms with van der Waals surface area (Å²) >= 11 is 0. The van der Waals surface area contributed by atoms with Crippen molar-refractivity contribution in [3.05, 3.63) is 29.8 Å². The van der Waals surface area contributed by atoms with Crippen LogP contribution in [0.4, 0.5) is 17.6 Å². The molecule has 90 valence electrons. The maximum Gasteiger partial charge on any atom is 0.419 e. The zero-order valence-electron chi connectivity index (χ0n) is 8.72. The van der Waals surface area contributed by atoms with Gasteiger partial charge in [-0.2, -0.15) is 13.2 Å². The van der Waals surface area contributed by atoms with Gasteiger partial charge < -0.3 is 4.74 Å². The Hall–Kier alpha value is -1.26. The summed E-state index contributed by atoms with van der Waals surface area (Å²) in [5, 5.41) is 0. The lowest BCUT2D eigenvalue weighted by atomic mass is 10.1. The summed E-state index contributed by atoms with van der Waals surface area (Å²) in [7, 11) is 1.43. The van der Waals surface area contributed by atoms with E-state index in [9.17, 15) is 17.6 Å². The van der Waals surface area contributed by atoms with Crippen LogP contribution in [0.2, 0.25) is 0 Å². The van der Waals surface area contributed by atoms with Gasteiger partial charge in [-0.3, -0.25) is 0 Å². The van der Waals surface area contributed by atoms with E-state index >= 15 is 0 Å². The van der Waals surface area contributed by atoms with E-state index in [0.717, 1.165) is 0 Å². The monoisotopic (exact) mass is 236 g/mol. The zero-order chi connectivity index (χ0) is 12.2. The minimum Gasteiger partial charge on any atom is -0.496 e. The summed E-state index contributed by atoms with van der Waals surface area (Å²) in [6, 6.07) is 6.65. The number of aryl methyl sites for hydroxylation is 1. The van der Waals surface area contributed by atoms with Crippen LogP contribution in [0.15, 0.2) is 24.3 Å². The quantitative estimate of drug-likeness (QED) is 0.727. The van der Waals surface area contributed by atoms with E-state index in [1.807, 2.05) is 0 Å². The molecule has 1 atom stereocenters. The van der Waals surface area contributed by atoms with Crippen molar-refractivity contribution in [3.8, 4) is 5.75 Å². The van der Waals surface area contributed by atoms with Crippen molar-refractivity contribution in [2.75, 3.05) is 7.11 Å². The predicted molar refractivity (Wildman–Crippen MR) is 52.3 cm³/mol. The topological polar surface area (TPSA) is 9.23 Å². The number of hydrogen-bond donors (Lipinski definition) is 0. The molecule has 0 aliphatic carbocycles. The first-order valence-electron chi connectivity index (χ1n) is 4.78. The van der Waals surface area contributed by atoms with Crippen molar-refractivity contribution in [2.24, 2.45) is 0 Å². The van der Waals surface area contributed by atoms with Crippen LogP contribution in [0, 0.1) is 0 Å². The van der Waals surface area contributed by atoms with Crippen molar-refractivity contribution >= 4 is 0 Å². The van der Waals surface area contributed by atoms with Gasteiger partial charge in [0, 0.05) is 0 Å². The van der Waals surface area contributed by atoms with Crippen molar-refractivity contribution < 1.29 is 22.3 Å². The Labute approximate surface area is 91.0 Å². The largest absolute Gasteiger partial charge is 0.496 e. The number of hydrogen-bond acceptors (Lipinski definition) is 1. The Balaban J connectivity index is 2.61. The van der Waals surface area contributed by atoms with Crippen LogP contribution in [0.5, 0.6) is 5.75 Å². The Morgan fingerprint density at radius 3 is 2.44 bits per heavy atom. The van der Waals surface area contributed by atoms with E-state index < -0.39 is 18.8 Å². The molecule has 0 bridgehead atoms. The summed E-state index contributed by atoms with van der Waals surface area (Å²) in [4.78, 5) is 0. The summed E-state index contributed by atoms with van der Waals surface area (Å²) in [6.07, 6.45) is -8.13. The van der Waals surface area contributed by atoms with Crippen molar-refractivity contribution in [1.82, 2.24) is 0 Å². The number of alkyl halides is 4. The fourth-order valence-electron chi connectivity index (χ4n) is 1.36. The average Bonchev–Trinajstić information content (AvgIpc) is 2.24. The molecular weight excluding hydrogens is 224 g/mol. The first-order chi connectivity index (χ1) is 7.45. The molecule has 1 rings (SSSR count). The van der Waals surface area contributed by atoms with Gasteiger partial charge in [0.2, 0.25) is 0 Å². The van der Waals surface area contributed by atoms with E-state index in [0.29, 0.717) is 11.3 Å². The van der Waals surface area contributed by atoms with E-state index in [2.05, 4.69) is 0 Å². The summed E-state index contributed by atoms with van der Waals surface area (Å²) in [6.45, 7) is 0. The SMILES string of the molecule is COc1ccccc1CCC(F)C(F)(F)F. The van der Waals surface area contributed by atoms with Gasteiger partial charge in [0.1, 0.15) is 5.75 Å². The molecule has 0 amide bonds. The smallest absolute Gasteiger partial charge is 0.419 e. The van der Waals surface area contributed by atoms with Crippen molar-refractivity contribution in [1.29, 1.82) is 0 Å². The summed E-state index contributed by atoms with van der Waals surface area (Å²) < 4.78 is 53.4. The number of benzene rings is 1. The van der Waals surface area contributed by atoms with Gasteiger partial charge in [0.05, 0.1) is 7.11 Å². The molecule has 1 aromatic carbocycles. The van der Waals surface area contributed by atoms with Crippen LogP contribution in [-0.2, 0) is 6.42 Å². The highest BCUT2D eigenvalue weighted by atomic mass is 19.4. The standard InChI is InChI=1S/C11H12F4O/c1-16-9-5-3-2-4-8(9)6-7-10(12)11(13,14)15/h2-5,10H,6-7H2,1H3. The highest BCUT2D eigenvalue weighted by Gasteiger charge is 2.39. The number of para-hydroxylation sites is 1. The molecule has 5 heteroatoms. The Morgan fingerprint density at radius 2 is 1.88 bits per heavy atom. The Morgan fingerprint density at radius 1 is 1.25 bits per heavy atom.